The zero-order chi connectivity index (χ0) is 16.7. The van der Waals surface area contributed by atoms with Crippen LogP contribution in [-0.4, -0.2) is 28.5 Å². The van der Waals surface area contributed by atoms with Gasteiger partial charge < -0.3 is 15.0 Å². The first-order valence-electron chi connectivity index (χ1n) is 7.83. The predicted molar refractivity (Wildman–Crippen MR) is 91.8 cm³/mol. The molecule has 1 aliphatic heterocycles. The molecule has 5 heteroatoms. The van der Waals surface area contributed by atoms with Crippen molar-refractivity contribution < 1.29 is 14.7 Å². The van der Waals surface area contributed by atoms with Gasteiger partial charge >= 0.3 is 5.97 Å². The smallest absolute Gasteiger partial charge is 0.308 e. The third-order valence-corrected chi connectivity index (χ3v) is 4.56. The minimum absolute atomic E-state index is 0.0692. The van der Waals surface area contributed by atoms with Crippen LogP contribution < -0.4 is 4.90 Å². The quantitative estimate of drug-likeness (QED) is 0.778. The molecule has 0 saturated carbocycles. The fraction of sp³-hybridized carbons (Fsp3) is 0.158. The van der Waals surface area contributed by atoms with E-state index in [0.717, 1.165) is 27.7 Å². The Hall–Kier alpha value is -3.08. The molecule has 1 aromatic heterocycles. The molecule has 1 aliphatic rings. The van der Waals surface area contributed by atoms with Crippen LogP contribution in [0.1, 0.15) is 6.42 Å². The Bertz CT molecular complexity index is 927. The standard InChI is InChI=1S/C19H16N2O3/c22-18-10-13(19(23)24)11-21(18)14-6-4-12(5-7-14)15-2-1-3-17-16(15)8-9-20-17/h1-9,13,20H,10-11H2,(H,23,24). The maximum absolute atomic E-state index is 12.0. The lowest BCUT2D eigenvalue weighted by Gasteiger charge is -2.16. The maximum Gasteiger partial charge on any atom is 0.308 e. The third-order valence-electron chi connectivity index (χ3n) is 4.56. The van der Waals surface area contributed by atoms with Crippen molar-refractivity contribution in [1.29, 1.82) is 0 Å². The number of benzene rings is 2. The Balaban J connectivity index is 1.65. The van der Waals surface area contributed by atoms with Gasteiger partial charge in [0.25, 0.3) is 0 Å². The van der Waals surface area contributed by atoms with E-state index in [1.54, 1.807) is 4.90 Å². The zero-order valence-corrected chi connectivity index (χ0v) is 12.9. The SMILES string of the molecule is O=C(O)C1CC(=O)N(c2ccc(-c3cccc4[nH]ccc34)cc2)C1. The van der Waals surface area contributed by atoms with Gasteiger partial charge in [0.15, 0.2) is 0 Å². The number of anilines is 1. The van der Waals surface area contributed by atoms with Crippen molar-refractivity contribution in [2.45, 2.75) is 6.42 Å². The molecule has 2 N–H and O–H groups in total. The van der Waals surface area contributed by atoms with Crippen LogP contribution in [0.2, 0.25) is 0 Å². The summed E-state index contributed by atoms with van der Waals surface area (Å²) in [6, 6.07) is 15.8. The summed E-state index contributed by atoms with van der Waals surface area (Å²) in [6.45, 7) is 0.237. The number of H-pyrrole nitrogens is 1. The molecule has 1 fully saturated rings. The van der Waals surface area contributed by atoms with Crippen molar-refractivity contribution in [1.82, 2.24) is 4.98 Å². The second-order valence-electron chi connectivity index (χ2n) is 6.03. The number of amides is 1. The van der Waals surface area contributed by atoms with E-state index < -0.39 is 11.9 Å². The van der Waals surface area contributed by atoms with Crippen molar-refractivity contribution in [3.8, 4) is 11.1 Å². The zero-order valence-electron chi connectivity index (χ0n) is 12.9. The van der Waals surface area contributed by atoms with Gasteiger partial charge in [-0.1, -0.05) is 24.3 Å². The summed E-state index contributed by atoms with van der Waals surface area (Å²) in [4.78, 5) is 27.9. The van der Waals surface area contributed by atoms with Gasteiger partial charge in [0.1, 0.15) is 0 Å². The number of nitrogens with one attached hydrogen (secondary N) is 1. The molecule has 1 unspecified atom stereocenters. The third kappa shape index (κ3) is 2.34. The van der Waals surface area contributed by atoms with E-state index >= 15 is 0 Å². The number of carboxylic acids is 1. The largest absolute Gasteiger partial charge is 0.481 e. The highest BCUT2D eigenvalue weighted by atomic mass is 16.4. The van der Waals surface area contributed by atoms with Crippen LogP contribution in [0.15, 0.2) is 54.7 Å². The number of fused-ring (bicyclic) bond motifs is 1. The summed E-state index contributed by atoms with van der Waals surface area (Å²) in [5, 5.41) is 10.2. The number of rotatable bonds is 3. The maximum atomic E-state index is 12.0. The molecule has 120 valence electrons. The van der Waals surface area contributed by atoms with Crippen LogP contribution in [0.5, 0.6) is 0 Å². The summed E-state index contributed by atoms with van der Waals surface area (Å²) in [5.41, 5.74) is 4.01. The fourth-order valence-electron chi connectivity index (χ4n) is 3.28. The van der Waals surface area contributed by atoms with E-state index in [4.69, 9.17) is 5.11 Å². The van der Waals surface area contributed by atoms with Crippen LogP contribution >= 0.6 is 0 Å². The van der Waals surface area contributed by atoms with Crippen LogP contribution in [0, 0.1) is 5.92 Å². The molecule has 4 rings (SSSR count). The summed E-state index contributed by atoms with van der Waals surface area (Å²) in [5.74, 6) is -1.67. The van der Waals surface area contributed by atoms with Gasteiger partial charge in [-0.05, 0) is 35.4 Å². The lowest BCUT2D eigenvalue weighted by Crippen LogP contribution is -2.25. The highest BCUT2D eigenvalue weighted by molar-refractivity contribution is 6.00. The van der Waals surface area contributed by atoms with Gasteiger partial charge in [0.2, 0.25) is 5.91 Å². The van der Waals surface area contributed by atoms with Crippen LogP contribution in [0.25, 0.3) is 22.0 Å². The molecule has 5 nitrogen and oxygen atoms in total. The molecule has 1 amide bonds. The number of hydrogen-bond acceptors (Lipinski definition) is 2. The lowest BCUT2D eigenvalue weighted by molar-refractivity contribution is -0.141. The van der Waals surface area contributed by atoms with Crippen molar-refractivity contribution in [3.63, 3.8) is 0 Å². The van der Waals surface area contributed by atoms with Crippen molar-refractivity contribution >= 4 is 28.5 Å². The lowest BCUT2D eigenvalue weighted by atomic mass is 10.0. The molecule has 1 atom stereocenters. The molecule has 0 aliphatic carbocycles. The Morgan fingerprint density at radius 2 is 1.92 bits per heavy atom. The van der Waals surface area contributed by atoms with Gasteiger partial charge in [-0.3, -0.25) is 9.59 Å². The Morgan fingerprint density at radius 1 is 1.12 bits per heavy atom. The van der Waals surface area contributed by atoms with E-state index in [-0.39, 0.29) is 18.9 Å². The second-order valence-corrected chi connectivity index (χ2v) is 6.03. The summed E-state index contributed by atoms with van der Waals surface area (Å²) in [7, 11) is 0. The molecule has 2 aromatic carbocycles. The van der Waals surface area contributed by atoms with E-state index in [1.165, 1.54) is 0 Å². The van der Waals surface area contributed by atoms with Crippen LogP contribution in [0.3, 0.4) is 0 Å². The van der Waals surface area contributed by atoms with E-state index in [2.05, 4.69) is 11.1 Å². The number of aromatic amines is 1. The monoisotopic (exact) mass is 320 g/mol. The average molecular weight is 320 g/mol. The first kappa shape index (κ1) is 14.5. The molecule has 3 aromatic rings. The second kappa shape index (κ2) is 5.53. The van der Waals surface area contributed by atoms with E-state index in [1.807, 2.05) is 48.7 Å². The van der Waals surface area contributed by atoms with Gasteiger partial charge in [-0.15, -0.1) is 0 Å². The molecule has 0 spiro atoms. The van der Waals surface area contributed by atoms with Gasteiger partial charge in [-0.2, -0.15) is 0 Å². The predicted octanol–water partition coefficient (Wildman–Crippen LogP) is 3.27. The molecule has 24 heavy (non-hydrogen) atoms. The highest BCUT2D eigenvalue weighted by Gasteiger charge is 2.34. The number of carbonyl (C=O) groups is 2. The minimum atomic E-state index is -0.915. The molecule has 0 bridgehead atoms. The van der Waals surface area contributed by atoms with Crippen LogP contribution in [0.4, 0.5) is 5.69 Å². The minimum Gasteiger partial charge on any atom is -0.481 e. The molecule has 2 heterocycles. The average Bonchev–Trinajstić information content (AvgIpc) is 3.21. The number of aromatic nitrogens is 1. The molecule has 1 saturated heterocycles. The first-order chi connectivity index (χ1) is 11.6. The van der Waals surface area contributed by atoms with Gasteiger partial charge in [0, 0.05) is 35.8 Å². The molecular weight excluding hydrogens is 304 g/mol. The molecular formula is C19H16N2O3. The summed E-state index contributed by atoms with van der Waals surface area (Å²) >= 11 is 0. The normalized spacial score (nSPS) is 17.6. The molecule has 0 radical (unpaired) electrons. The number of carbonyl (C=O) groups excluding carboxylic acids is 1. The summed E-state index contributed by atoms with van der Waals surface area (Å²) in [6.07, 6.45) is 1.98. The van der Waals surface area contributed by atoms with Gasteiger partial charge in [-0.25, -0.2) is 0 Å². The van der Waals surface area contributed by atoms with E-state index in [9.17, 15) is 9.59 Å². The van der Waals surface area contributed by atoms with Crippen molar-refractivity contribution in [3.05, 3.63) is 54.7 Å². The Labute approximate surface area is 138 Å². The number of aliphatic carboxylic acids is 1. The van der Waals surface area contributed by atoms with E-state index in [0.29, 0.717) is 0 Å². The van der Waals surface area contributed by atoms with Crippen molar-refractivity contribution in [2.75, 3.05) is 11.4 Å². The Kier molecular flexibility index (Phi) is 3.34. The highest BCUT2D eigenvalue weighted by Crippen LogP contribution is 2.31. The van der Waals surface area contributed by atoms with Crippen molar-refractivity contribution in [2.24, 2.45) is 5.92 Å². The number of hydrogen-bond donors (Lipinski definition) is 2. The van der Waals surface area contributed by atoms with Crippen LogP contribution in [-0.2, 0) is 9.59 Å². The fourth-order valence-corrected chi connectivity index (χ4v) is 3.28. The topological polar surface area (TPSA) is 73.4 Å². The number of nitrogens with zero attached hydrogens (tertiary/aromatic N) is 1. The first-order valence-corrected chi connectivity index (χ1v) is 7.83. The Morgan fingerprint density at radius 3 is 2.62 bits per heavy atom. The summed E-state index contributed by atoms with van der Waals surface area (Å²) < 4.78 is 0. The number of carboxylic acid groups (broad SMARTS) is 1. The van der Waals surface area contributed by atoms with Gasteiger partial charge in [0.05, 0.1) is 5.92 Å².